The molecular formula is C21H16ClN2O5-. The fourth-order valence-corrected chi connectivity index (χ4v) is 2.77. The molecule has 0 radical (unpaired) electrons. The van der Waals surface area contributed by atoms with E-state index in [1.165, 1.54) is 18.3 Å². The molecule has 0 saturated heterocycles. The van der Waals surface area contributed by atoms with Crippen molar-refractivity contribution in [3.05, 3.63) is 71.2 Å². The van der Waals surface area contributed by atoms with Crippen molar-refractivity contribution >= 4 is 40.5 Å². The van der Waals surface area contributed by atoms with Crippen LogP contribution in [0.2, 0.25) is 5.02 Å². The molecule has 0 aliphatic carbocycles. The Morgan fingerprint density at radius 3 is 2.55 bits per heavy atom. The number of carboxylic acid groups (broad SMARTS) is 1. The average Bonchev–Trinajstić information content (AvgIpc) is 2.71. The number of amides is 1. The molecule has 0 aromatic heterocycles. The summed E-state index contributed by atoms with van der Waals surface area (Å²) < 4.78 is 10.6. The highest BCUT2D eigenvalue weighted by molar-refractivity contribution is 6.32. The number of carbonyl (C=O) groups excluding carboxylic acids is 2. The predicted octanol–water partition coefficient (Wildman–Crippen LogP) is 2.15. The van der Waals surface area contributed by atoms with Crippen LogP contribution in [-0.2, 0) is 9.59 Å². The lowest BCUT2D eigenvalue weighted by atomic mass is 10.1. The first-order valence-electron chi connectivity index (χ1n) is 8.57. The molecule has 7 nitrogen and oxygen atoms in total. The summed E-state index contributed by atoms with van der Waals surface area (Å²) in [6.07, 6.45) is 1.39. The minimum absolute atomic E-state index is 0.192. The number of benzene rings is 3. The second-order valence-corrected chi connectivity index (χ2v) is 6.32. The zero-order chi connectivity index (χ0) is 20.6. The zero-order valence-electron chi connectivity index (χ0n) is 15.1. The van der Waals surface area contributed by atoms with E-state index < -0.39 is 18.5 Å². The van der Waals surface area contributed by atoms with Crippen LogP contribution in [0, 0.1) is 0 Å². The lowest BCUT2D eigenvalue weighted by molar-refractivity contribution is -0.307. The molecule has 3 aromatic carbocycles. The Morgan fingerprint density at radius 2 is 1.76 bits per heavy atom. The first-order chi connectivity index (χ1) is 14.0. The van der Waals surface area contributed by atoms with Crippen LogP contribution in [0.25, 0.3) is 10.8 Å². The van der Waals surface area contributed by atoms with Crippen LogP contribution in [0.3, 0.4) is 0 Å². The van der Waals surface area contributed by atoms with Crippen molar-refractivity contribution in [2.45, 2.75) is 0 Å². The van der Waals surface area contributed by atoms with Gasteiger partial charge in [-0.2, -0.15) is 5.10 Å². The number of nitrogens with one attached hydrogen (secondary N) is 1. The third-order valence-electron chi connectivity index (χ3n) is 3.81. The van der Waals surface area contributed by atoms with Crippen LogP contribution >= 0.6 is 11.6 Å². The lowest BCUT2D eigenvalue weighted by Crippen LogP contribution is -2.29. The Hall–Kier alpha value is -3.58. The minimum atomic E-state index is -1.35. The second-order valence-electron chi connectivity index (χ2n) is 5.91. The summed E-state index contributed by atoms with van der Waals surface area (Å²) in [5.74, 6) is -0.948. The number of ether oxygens (including phenoxy) is 2. The van der Waals surface area contributed by atoms with Gasteiger partial charge in [-0.3, -0.25) is 4.79 Å². The molecule has 0 heterocycles. The van der Waals surface area contributed by atoms with Gasteiger partial charge in [0, 0.05) is 5.39 Å². The van der Waals surface area contributed by atoms with E-state index in [4.69, 9.17) is 21.1 Å². The Balaban J connectivity index is 1.53. The lowest BCUT2D eigenvalue weighted by Gasteiger charge is -2.09. The number of rotatable bonds is 8. The van der Waals surface area contributed by atoms with Crippen molar-refractivity contribution < 1.29 is 24.2 Å². The van der Waals surface area contributed by atoms with E-state index in [0.29, 0.717) is 11.3 Å². The number of carbonyl (C=O) groups is 2. The molecular weight excluding hydrogens is 396 g/mol. The quantitative estimate of drug-likeness (QED) is 0.452. The van der Waals surface area contributed by atoms with Gasteiger partial charge >= 0.3 is 0 Å². The predicted molar refractivity (Wildman–Crippen MR) is 107 cm³/mol. The number of fused-ring (bicyclic) bond motifs is 1. The van der Waals surface area contributed by atoms with E-state index in [9.17, 15) is 14.7 Å². The van der Waals surface area contributed by atoms with E-state index in [2.05, 4.69) is 10.5 Å². The zero-order valence-corrected chi connectivity index (χ0v) is 15.9. The molecule has 8 heteroatoms. The summed E-state index contributed by atoms with van der Waals surface area (Å²) in [5.41, 5.74) is 2.96. The standard InChI is InChI=1S/C21H17ClN2O5/c22-17-10-14(8-9-19(17)29-13-21(26)27)11-23-24-20(25)12-28-18-7-3-5-15-4-1-2-6-16(15)18/h1-11H,12-13H2,(H,24,25)(H,26,27)/p-1/b23-11-. The van der Waals surface area contributed by atoms with E-state index in [1.54, 1.807) is 12.1 Å². The van der Waals surface area contributed by atoms with Crippen molar-refractivity contribution in [3.63, 3.8) is 0 Å². The van der Waals surface area contributed by atoms with E-state index >= 15 is 0 Å². The largest absolute Gasteiger partial charge is 0.546 e. The van der Waals surface area contributed by atoms with Gasteiger partial charge in [0.1, 0.15) is 18.1 Å². The maximum absolute atomic E-state index is 12.0. The Bertz CT molecular complexity index is 1060. The summed E-state index contributed by atoms with van der Waals surface area (Å²) in [5, 5.41) is 16.4. The molecule has 0 bridgehead atoms. The van der Waals surface area contributed by atoms with Gasteiger partial charge in [-0.15, -0.1) is 0 Å². The summed E-state index contributed by atoms with van der Waals surface area (Å²) in [6, 6.07) is 18.0. The molecule has 1 N–H and O–H groups in total. The highest BCUT2D eigenvalue weighted by Crippen LogP contribution is 2.25. The Morgan fingerprint density at radius 1 is 1.00 bits per heavy atom. The third-order valence-corrected chi connectivity index (χ3v) is 4.11. The van der Waals surface area contributed by atoms with E-state index in [0.717, 1.165) is 10.8 Å². The van der Waals surface area contributed by atoms with Gasteiger partial charge < -0.3 is 19.4 Å². The van der Waals surface area contributed by atoms with Crippen LogP contribution in [0.15, 0.2) is 65.8 Å². The second kappa shape index (κ2) is 9.57. The molecule has 0 atom stereocenters. The monoisotopic (exact) mass is 411 g/mol. The fourth-order valence-electron chi connectivity index (χ4n) is 2.53. The number of carboxylic acids is 1. The number of hydrogen-bond acceptors (Lipinski definition) is 6. The summed E-state index contributed by atoms with van der Waals surface area (Å²) in [7, 11) is 0. The molecule has 29 heavy (non-hydrogen) atoms. The number of nitrogens with zero attached hydrogens (tertiary/aromatic N) is 1. The fraction of sp³-hybridized carbons (Fsp3) is 0.0952. The highest BCUT2D eigenvalue weighted by atomic mass is 35.5. The number of halogens is 1. The van der Waals surface area contributed by atoms with Crippen molar-refractivity contribution in [3.8, 4) is 11.5 Å². The van der Waals surface area contributed by atoms with Gasteiger partial charge in [-0.1, -0.05) is 48.0 Å². The van der Waals surface area contributed by atoms with Gasteiger partial charge in [-0.25, -0.2) is 5.43 Å². The van der Waals surface area contributed by atoms with E-state index in [1.807, 2.05) is 36.4 Å². The average molecular weight is 412 g/mol. The maximum atomic E-state index is 12.0. The summed E-state index contributed by atoms with van der Waals surface area (Å²) >= 11 is 6.01. The van der Waals surface area contributed by atoms with Crippen LogP contribution < -0.4 is 20.0 Å². The molecule has 3 aromatic rings. The molecule has 1 amide bonds. The number of hydrazone groups is 1. The van der Waals surface area contributed by atoms with Gasteiger partial charge in [-0.05, 0) is 35.2 Å². The summed E-state index contributed by atoms with van der Waals surface area (Å²) in [6.45, 7) is -0.790. The number of hydrogen-bond donors (Lipinski definition) is 1. The normalized spacial score (nSPS) is 10.8. The van der Waals surface area contributed by atoms with Crippen molar-refractivity contribution in [2.24, 2.45) is 5.10 Å². The Kier molecular flexibility index (Phi) is 6.65. The van der Waals surface area contributed by atoms with E-state index in [-0.39, 0.29) is 17.4 Å². The smallest absolute Gasteiger partial charge is 0.277 e. The first kappa shape index (κ1) is 20.2. The minimum Gasteiger partial charge on any atom is -0.546 e. The molecule has 0 aliphatic rings. The van der Waals surface area contributed by atoms with Gasteiger partial charge in [0.2, 0.25) is 0 Å². The molecule has 3 rings (SSSR count). The highest BCUT2D eigenvalue weighted by Gasteiger charge is 2.05. The SMILES string of the molecule is O=C([O-])COc1ccc(/C=N\NC(=O)COc2cccc3ccccc23)cc1Cl. The van der Waals surface area contributed by atoms with Crippen molar-refractivity contribution in [1.29, 1.82) is 0 Å². The first-order valence-corrected chi connectivity index (χ1v) is 8.95. The van der Waals surface area contributed by atoms with Crippen molar-refractivity contribution in [1.82, 2.24) is 5.43 Å². The van der Waals surface area contributed by atoms with Crippen LogP contribution in [0.5, 0.6) is 11.5 Å². The molecule has 148 valence electrons. The van der Waals surface area contributed by atoms with Gasteiger partial charge in [0.05, 0.1) is 17.2 Å². The third kappa shape index (κ3) is 5.70. The number of aliphatic carboxylic acids is 1. The van der Waals surface area contributed by atoms with Crippen LogP contribution in [0.4, 0.5) is 0 Å². The molecule has 0 aliphatic heterocycles. The van der Waals surface area contributed by atoms with Crippen LogP contribution in [0.1, 0.15) is 5.56 Å². The Labute approximate surface area is 171 Å². The van der Waals surface area contributed by atoms with Crippen LogP contribution in [-0.4, -0.2) is 31.3 Å². The topological polar surface area (TPSA) is 100 Å². The molecule has 0 unspecified atom stereocenters. The van der Waals surface area contributed by atoms with Gasteiger partial charge in [0.25, 0.3) is 5.91 Å². The van der Waals surface area contributed by atoms with Gasteiger partial charge in [0.15, 0.2) is 6.61 Å². The maximum Gasteiger partial charge on any atom is 0.277 e. The summed E-state index contributed by atoms with van der Waals surface area (Å²) in [4.78, 5) is 22.4. The molecule has 0 spiro atoms. The van der Waals surface area contributed by atoms with Crippen molar-refractivity contribution in [2.75, 3.05) is 13.2 Å². The molecule has 0 saturated carbocycles. The molecule has 0 fully saturated rings.